The fraction of sp³-hybridized carbons (Fsp3) is 0.600. The van der Waals surface area contributed by atoms with E-state index in [1.54, 1.807) is 0 Å². The Morgan fingerprint density at radius 1 is 1.33 bits per heavy atom. The fourth-order valence-corrected chi connectivity index (χ4v) is 2.38. The van der Waals surface area contributed by atoms with Crippen LogP contribution in [0.1, 0.15) is 30.5 Å². The maximum absolute atomic E-state index is 5.86. The third-order valence-corrected chi connectivity index (χ3v) is 3.35. The highest BCUT2D eigenvalue weighted by molar-refractivity contribution is 5.29. The molecular weight excluding hydrogens is 226 g/mol. The molecule has 1 heterocycles. The van der Waals surface area contributed by atoms with Gasteiger partial charge < -0.3 is 14.8 Å². The van der Waals surface area contributed by atoms with E-state index in [9.17, 15) is 0 Å². The minimum Gasteiger partial charge on any atom is -0.376 e. The largest absolute Gasteiger partial charge is 0.376 e. The third-order valence-electron chi connectivity index (χ3n) is 3.35. The maximum atomic E-state index is 5.86. The molecule has 2 rings (SSSR count). The molecule has 3 nitrogen and oxygen atoms in total. The molecule has 0 spiro atoms. The summed E-state index contributed by atoms with van der Waals surface area (Å²) < 4.78 is 11.4. The quantitative estimate of drug-likeness (QED) is 0.869. The van der Waals surface area contributed by atoms with Gasteiger partial charge in [0.1, 0.15) is 6.10 Å². The average Bonchev–Trinajstić information content (AvgIpc) is 2.42. The van der Waals surface area contributed by atoms with E-state index in [0.717, 1.165) is 13.0 Å². The van der Waals surface area contributed by atoms with Crippen molar-refractivity contribution in [2.75, 3.05) is 26.4 Å². The van der Waals surface area contributed by atoms with Crippen LogP contribution < -0.4 is 5.32 Å². The Morgan fingerprint density at radius 3 is 2.83 bits per heavy atom. The van der Waals surface area contributed by atoms with Crippen LogP contribution in [0.4, 0.5) is 0 Å². The second kappa shape index (κ2) is 6.88. The molecule has 1 aliphatic rings. The van der Waals surface area contributed by atoms with Crippen LogP contribution in [0.2, 0.25) is 0 Å². The van der Waals surface area contributed by atoms with Crippen molar-refractivity contribution in [3.05, 3.63) is 35.4 Å². The number of hydrogen-bond donors (Lipinski definition) is 1. The number of rotatable bonds is 5. The third kappa shape index (κ3) is 3.31. The van der Waals surface area contributed by atoms with Crippen LogP contribution in [0.25, 0.3) is 0 Å². The fourth-order valence-electron chi connectivity index (χ4n) is 2.38. The zero-order chi connectivity index (χ0) is 12.8. The zero-order valence-electron chi connectivity index (χ0n) is 11.3. The summed E-state index contributed by atoms with van der Waals surface area (Å²) in [5.74, 6) is 0. The lowest BCUT2D eigenvalue weighted by molar-refractivity contribution is -0.102. The molecule has 0 aromatic heterocycles. The van der Waals surface area contributed by atoms with Crippen molar-refractivity contribution in [1.82, 2.24) is 5.32 Å². The Morgan fingerprint density at radius 2 is 2.17 bits per heavy atom. The lowest BCUT2D eigenvalue weighted by Gasteiger charge is -2.32. The number of benzene rings is 1. The van der Waals surface area contributed by atoms with Gasteiger partial charge in [-0.25, -0.2) is 0 Å². The summed E-state index contributed by atoms with van der Waals surface area (Å²) >= 11 is 0. The second-order valence-corrected chi connectivity index (χ2v) is 4.77. The standard InChI is InChI=1S/C15H23NO2/c1-3-8-16-15(14-11-17-9-10-18-14)13-7-5-4-6-12(13)2/h4-7,14-16H,3,8-11H2,1-2H3. The van der Waals surface area contributed by atoms with E-state index in [4.69, 9.17) is 9.47 Å². The minimum atomic E-state index is 0.117. The highest BCUT2D eigenvalue weighted by Gasteiger charge is 2.26. The van der Waals surface area contributed by atoms with Crippen molar-refractivity contribution in [1.29, 1.82) is 0 Å². The summed E-state index contributed by atoms with van der Waals surface area (Å²) in [4.78, 5) is 0. The molecule has 1 N–H and O–H groups in total. The maximum Gasteiger partial charge on any atom is 0.100 e. The highest BCUT2D eigenvalue weighted by atomic mass is 16.6. The summed E-state index contributed by atoms with van der Waals surface area (Å²) in [6.45, 7) is 7.42. The summed E-state index contributed by atoms with van der Waals surface area (Å²) in [6, 6.07) is 8.73. The molecule has 18 heavy (non-hydrogen) atoms. The van der Waals surface area contributed by atoms with Crippen molar-refractivity contribution >= 4 is 0 Å². The van der Waals surface area contributed by atoms with E-state index < -0.39 is 0 Å². The van der Waals surface area contributed by atoms with Crippen molar-refractivity contribution in [2.24, 2.45) is 0 Å². The van der Waals surface area contributed by atoms with Gasteiger partial charge in [-0.05, 0) is 31.0 Å². The molecule has 0 radical (unpaired) electrons. The van der Waals surface area contributed by atoms with Gasteiger partial charge in [0.2, 0.25) is 0 Å². The molecule has 2 atom stereocenters. The topological polar surface area (TPSA) is 30.5 Å². The van der Waals surface area contributed by atoms with E-state index >= 15 is 0 Å². The molecule has 1 aromatic rings. The number of hydrogen-bond acceptors (Lipinski definition) is 3. The Bertz CT molecular complexity index is 361. The molecule has 1 aliphatic heterocycles. The van der Waals surface area contributed by atoms with Gasteiger partial charge in [0.15, 0.2) is 0 Å². The second-order valence-electron chi connectivity index (χ2n) is 4.77. The number of nitrogens with one attached hydrogen (secondary N) is 1. The Kier molecular flexibility index (Phi) is 5.17. The summed E-state index contributed by atoms with van der Waals surface area (Å²) in [6.07, 6.45) is 1.24. The predicted molar refractivity (Wildman–Crippen MR) is 72.8 cm³/mol. The molecule has 0 amide bonds. The van der Waals surface area contributed by atoms with E-state index in [1.165, 1.54) is 11.1 Å². The summed E-state index contributed by atoms with van der Waals surface area (Å²) in [7, 11) is 0. The zero-order valence-corrected chi connectivity index (χ0v) is 11.3. The summed E-state index contributed by atoms with van der Waals surface area (Å²) in [5, 5.41) is 3.59. The van der Waals surface area contributed by atoms with Gasteiger partial charge in [0, 0.05) is 0 Å². The molecule has 1 saturated heterocycles. The Balaban J connectivity index is 2.15. The molecule has 3 heteroatoms. The predicted octanol–water partition coefficient (Wildman–Crippen LogP) is 2.45. The Labute approximate surface area is 109 Å². The number of aryl methyl sites for hydroxylation is 1. The minimum absolute atomic E-state index is 0.117. The van der Waals surface area contributed by atoms with Crippen LogP contribution in [-0.4, -0.2) is 32.5 Å². The van der Waals surface area contributed by atoms with Gasteiger partial charge in [-0.3, -0.25) is 0 Å². The van der Waals surface area contributed by atoms with Gasteiger partial charge in [-0.15, -0.1) is 0 Å². The smallest absolute Gasteiger partial charge is 0.100 e. The monoisotopic (exact) mass is 249 g/mol. The van der Waals surface area contributed by atoms with Crippen molar-refractivity contribution in [3.8, 4) is 0 Å². The van der Waals surface area contributed by atoms with E-state index in [-0.39, 0.29) is 12.1 Å². The van der Waals surface area contributed by atoms with Crippen molar-refractivity contribution < 1.29 is 9.47 Å². The van der Waals surface area contributed by atoms with Crippen molar-refractivity contribution in [2.45, 2.75) is 32.4 Å². The first-order valence-electron chi connectivity index (χ1n) is 6.81. The van der Waals surface area contributed by atoms with Gasteiger partial charge in [-0.2, -0.15) is 0 Å². The first-order valence-corrected chi connectivity index (χ1v) is 6.81. The van der Waals surface area contributed by atoms with Crippen LogP contribution in [0, 0.1) is 6.92 Å². The Hall–Kier alpha value is -0.900. The SMILES string of the molecule is CCCNC(c1ccccc1C)C1COCCO1. The van der Waals surface area contributed by atoms with Gasteiger partial charge in [-0.1, -0.05) is 31.2 Å². The lowest BCUT2D eigenvalue weighted by Crippen LogP contribution is -2.41. The molecule has 0 saturated carbocycles. The van der Waals surface area contributed by atoms with E-state index in [2.05, 4.69) is 43.4 Å². The van der Waals surface area contributed by atoms with Crippen LogP contribution in [0.3, 0.4) is 0 Å². The van der Waals surface area contributed by atoms with Crippen molar-refractivity contribution in [3.63, 3.8) is 0 Å². The molecule has 1 aromatic carbocycles. The van der Waals surface area contributed by atoms with Crippen LogP contribution >= 0.6 is 0 Å². The molecule has 0 aliphatic carbocycles. The number of ether oxygens (including phenoxy) is 2. The lowest BCUT2D eigenvalue weighted by atomic mass is 9.96. The normalized spacial score (nSPS) is 21.8. The van der Waals surface area contributed by atoms with Crippen LogP contribution in [0.5, 0.6) is 0 Å². The molecular formula is C15H23NO2. The van der Waals surface area contributed by atoms with Crippen LogP contribution in [-0.2, 0) is 9.47 Å². The molecule has 1 fully saturated rings. The molecule has 2 unspecified atom stereocenters. The molecule has 0 bridgehead atoms. The van der Waals surface area contributed by atoms with Gasteiger partial charge in [0.05, 0.1) is 25.9 Å². The summed E-state index contributed by atoms with van der Waals surface area (Å²) in [5.41, 5.74) is 2.63. The van der Waals surface area contributed by atoms with Crippen LogP contribution in [0.15, 0.2) is 24.3 Å². The first kappa shape index (κ1) is 13.5. The van der Waals surface area contributed by atoms with E-state index in [1.807, 2.05) is 0 Å². The van der Waals surface area contributed by atoms with Gasteiger partial charge in [0.25, 0.3) is 0 Å². The average molecular weight is 249 g/mol. The van der Waals surface area contributed by atoms with E-state index in [0.29, 0.717) is 19.8 Å². The first-order chi connectivity index (χ1) is 8.83. The highest BCUT2D eigenvalue weighted by Crippen LogP contribution is 2.24. The molecule has 100 valence electrons. The van der Waals surface area contributed by atoms with Gasteiger partial charge >= 0.3 is 0 Å².